The summed E-state index contributed by atoms with van der Waals surface area (Å²) in [7, 11) is 0. The second-order valence-electron chi connectivity index (χ2n) is 3.50. The lowest BCUT2D eigenvalue weighted by Crippen LogP contribution is -2.11. The molecular formula is C11H7BrF3N3S. The average Bonchev–Trinajstić information content (AvgIpc) is 2.30. The number of nitrogens with zero attached hydrogens (tertiary/aromatic N) is 2. The van der Waals surface area contributed by atoms with Crippen molar-refractivity contribution in [2.24, 2.45) is 0 Å². The van der Waals surface area contributed by atoms with Gasteiger partial charge in [-0.05, 0) is 24.3 Å². The predicted octanol–water partition coefficient (Wildman–Crippen LogP) is 3.99. The summed E-state index contributed by atoms with van der Waals surface area (Å²) in [4.78, 5) is 7.72. The molecule has 8 heteroatoms. The van der Waals surface area contributed by atoms with Crippen LogP contribution in [-0.2, 0) is 6.18 Å². The number of benzene rings is 1. The van der Waals surface area contributed by atoms with Crippen LogP contribution in [0.3, 0.4) is 0 Å². The molecule has 0 saturated heterocycles. The Morgan fingerprint density at radius 1 is 1.11 bits per heavy atom. The van der Waals surface area contributed by atoms with Crippen LogP contribution in [0.4, 0.5) is 19.1 Å². The van der Waals surface area contributed by atoms with Gasteiger partial charge in [-0.1, -0.05) is 27.7 Å². The maximum Gasteiger partial charge on any atom is 0.433 e. The summed E-state index contributed by atoms with van der Waals surface area (Å²) in [5.41, 5.74) is 4.25. The molecule has 1 aromatic heterocycles. The van der Waals surface area contributed by atoms with Crippen LogP contribution in [-0.4, -0.2) is 9.97 Å². The number of halogens is 4. The smallest absolute Gasteiger partial charge is 0.368 e. The Bertz CT molecular complexity index is 587. The van der Waals surface area contributed by atoms with Gasteiger partial charge in [0, 0.05) is 15.4 Å². The molecule has 100 valence electrons. The number of aromatic nitrogens is 2. The number of nitrogens with two attached hydrogens (primary N) is 1. The van der Waals surface area contributed by atoms with Gasteiger partial charge in [-0.25, -0.2) is 9.97 Å². The van der Waals surface area contributed by atoms with Crippen LogP contribution in [0.2, 0.25) is 0 Å². The number of hydrogen-bond acceptors (Lipinski definition) is 4. The van der Waals surface area contributed by atoms with Crippen molar-refractivity contribution >= 4 is 33.6 Å². The van der Waals surface area contributed by atoms with E-state index in [4.69, 9.17) is 5.73 Å². The molecule has 0 aliphatic rings. The fourth-order valence-electron chi connectivity index (χ4n) is 1.26. The highest BCUT2D eigenvalue weighted by molar-refractivity contribution is 9.10. The molecule has 2 rings (SSSR count). The first-order valence-corrected chi connectivity index (χ1v) is 6.61. The Morgan fingerprint density at radius 2 is 1.74 bits per heavy atom. The Morgan fingerprint density at radius 3 is 2.32 bits per heavy atom. The minimum atomic E-state index is -4.54. The van der Waals surface area contributed by atoms with E-state index in [2.05, 4.69) is 25.9 Å². The highest BCUT2D eigenvalue weighted by Gasteiger charge is 2.33. The SMILES string of the molecule is Nc1nc(Sc2ccc(Br)cc2)cc(C(F)(F)F)n1. The van der Waals surface area contributed by atoms with Gasteiger partial charge in [0.05, 0.1) is 0 Å². The van der Waals surface area contributed by atoms with Crippen molar-refractivity contribution < 1.29 is 13.2 Å². The van der Waals surface area contributed by atoms with Crippen LogP contribution in [0.1, 0.15) is 5.69 Å². The maximum absolute atomic E-state index is 12.6. The summed E-state index contributed by atoms with van der Waals surface area (Å²) >= 11 is 4.37. The minimum absolute atomic E-state index is 0.155. The van der Waals surface area contributed by atoms with E-state index >= 15 is 0 Å². The quantitative estimate of drug-likeness (QED) is 0.832. The van der Waals surface area contributed by atoms with E-state index in [9.17, 15) is 13.2 Å². The molecule has 0 spiro atoms. The largest absolute Gasteiger partial charge is 0.433 e. The number of anilines is 1. The van der Waals surface area contributed by atoms with E-state index < -0.39 is 17.8 Å². The molecule has 3 nitrogen and oxygen atoms in total. The monoisotopic (exact) mass is 349 g/mol. The van der Waals surface area contributed by atoms with Gasteiger partial charge in [0.2, 0.25) is 5.95 Å². The molecule has 1 aromatic carbocycles. The topological polar surface area (TPSA) is 51.8 Å². The van der Waals surface area contributed by atoms with Crippen LogP contribution in [0.15, 0.2) is 44.7 Å². The normalized spacial score (nSPS) is 11.6. The highest BCUT2D eigenvalue weighted by atomic mass is 79.9. The summed E-state index contributed by atoms with van der Waals surface area (Å²) in [6, 6.07) is 7.98. The molecule has 0 aliphatic heterocycles. The standard InChI is InChI=1S/C11H7BrF3N3S/c12-6-1-3-7(4-2-6)19-9-5-8(11(13,14)15)17-10(16)18-9/h1-5H,(H2,16,17,18). The second kappa shape index (κ2) is 5.38. The van der Waals surface area contributed by atoms with Crippen LogP contribution in [0, 0.1) is 0 Å². The van der Waals surface area contributed by atoms with Crippen molar-refractivity contribution in [2.45, 2.75) is 16.1 Å². The Balaban J connectivity index is 2.30. The molecule has 0 atom stereocenters. The van der Waals surface area contributed by atoms with E-state index in [1.807, 2.05) is 0 Å². The van der Waals surface area contributed by atoms with E-state index in [0.717, 1.165) is 27.2 Å². The van der Waals surface area contributed by atoms with Gasteiger partial charge >= 0.3 is 6.18 Å². The molecule has 19 heavy (non-hydrogen) atoms. The number of hydrogen-bond donors (Lipinski definition) is 1. The first kappa shape index (κ1) is 14.1. The van der Waals surface area contributed by atoms with E-state index in [0.29, 0.717) is 0 Å². The van der Waals surface area contributed by atoms with Gasteiger partial charge in [-0.15, -0.1) is 0 Å². The molecule has 0 radical (unpaired) electrons. The minimum Gasteiger partial charge on any atom is -0.368 e. The summed E-state index contributed by atoms with van der Waals surface area (Å²) in [6.45, 7) is 0. The van der Waals surface area contributed by atoms with Gasteiger partial charge in [-0.3, -0.25) is 0 Å². The van der Waals surface area contributed by atoms with Gasteiger partial charge in [0.1, 0.15) is 5.03 Å². The van der Waals surface area contributed by atoms with Crippen LogP contribution < -0.4 is 5.73 Å². The van der Waals surface area contributed by atoms with Crippen molar-refractivity contribution in [1.82, 2.24) is 9.97 Å². The summed E-state index contributed by atoms with van der Waals surface area (Å²) in [5, 5.41) is 0.155. The third-order valence-electron chi connectivity index (χ3n) is 2.05. The Kier molecular flexibility index (Phi) is 4.00. The van der Waals surface area contributed by atoms with Gasteiger partial charge in [-0.2, -0.15) is 13.2 Å². The van der Waals surface area contributed by atoms with Crippen LogP contribution in [0.25, 0.3) is 0 Å². The van der Waals surface area contributed by atoms with E-state index in [1.165, 1.54) is 0 Å². The highest BCUT2D eigenvalue weighted by Crippen LogP contribution is 2.33. The fraction of sp³-hybridized carbons (Fsp3) is 0.0909. The van der Waals surface area contributed by atoms with Crippen molar-refractivity contribution in [2.75, 3.05) is 5.73 Å². The molecule has 0 unspecified atom stereocenters. The van der Waals surface area contributed by atoms with Crippen molar-refractivity contribution in [1.29, 1.82) is 0 Å². The first-order valence-electron chi connectivity index (χ1n) is 5.00. The molecule has 0 amide bonds. The Hall–Kier alpha value is -1.28. The lowest BCUT2D eigenvalue weighted by molar-refractivity contribution is -0.141. The van der Waals surface area contributed by atoms with Gasteiger partial charge in [0.15, 0.2) is 5.69 Å². The zero-order valence-electron chi connectivity index (χ0n) is 9.28. The molecule has 0 saturated carbocycles. The fourth-order valence-corrected chi connectivity index (χ4v) is 2.35. The summed E-state index contributed by atoms with van der Waals surface area (Å²) in [5.74, 6) is -0.394. The zero-order chi connectivity index (χ0) is 14.0. The lowest BCUT2D eigenvalue weighted by Gasteiger charge is -2.08. The molecule has 1 heterocycles. The van der Waals surface area contributed by atoms with Gasteiger partial charge in [0.25, 0.3) is 0 Å². The van der Waals surface area contributed by atoms with Crippen LogP contribution in [0.5, 0.6) is 0 Å². The van der Waals surface area contributed by atoms with Crippen LogP contribution >= 0.6 is 27.7 Å². The summed E-state index contributed by atoms with van der Waals surface area (Å²) < 4.78 is 38.6. The zero-order valence-corrected chi connectivity index (χ0v) is 11.7. The predicted molar refractivity (Wildman–Crippen MR) is 69.7 cm³/mol. The third-order valence-corrected chi connectivity index (χ3v) is 3.50. The first-order chi connectivity index (χ1) is 8.84. The number of alkyl halides is 3. The van der Waals surface area contributed by atoms with Crippen molar-refractivity contribution in [3.63, 3.8) is 0 Å². The van der Waals surface area contributed by atoms with E-state index in [1.54, 1.807) is 24.3 Å². The maximum atomic E-state index is 12.6. The molecule has 0 fully saturated rings. The van der Waals surface area contributed by atoms with Crippen molar-refractivity contribution in [3.05, 3.63) is 40.5 Å². The van der Waals surface area contributed by atoms with E-state index in [-0.39, 0.29) is 5.03 Å². The molecular weight excluding hydrogens is 343 g/mol. The van der Waals surface area contributed by atoms with Gasteiger partial charge < -0.3 is 5.73 Å². The Labute approximate surface area is 119 Å². The molecule has 2 N–H and O–H groups in total. The lowest BCUT2D eigenvalue weighted by atomic mass is 10.4. The summed E-state index contributed by atoms with van der Waals surface area (Å²) in [6.07, 6.45) is -4.54. The van der Waals surface area contributed by atoms with Crippen molar-refractivity contribution in [3.8, 4) is 0 Å². The molecule has 0 bridgehead atoms. The third kappa shape index (κ3) is 3.84. The second-order valence-corrected chi connectivity index (χ2v) is 5.51. The number of nitrogen functional groups attached to an aromatic ring is 1. The molecule has 2 aromatic rings. The molecule has 0 aliphatic carbocycles. The average molecular weight is 350 g/mol. The number of rotatable bonds is 2.